The van der Waals surface area contributed by atoms with Crippen molar-refractivity contribution >= 4 is 0 Å². The summed E-state index contributed by atoms with van der Waals surface area (Å²) in [5.41, 5.74) is 5.56. The summed E-state index contributed by atoms with van der Waals surface area (Å²) in [5.74, 6) is 0. The van der Waals surface area contributed by atoms with Gasteiger partial charge in [-0.2, -0.15) is 0 Å². The van der Waals surface area contributed by atoms with Crippen LogP contribution in [-0.4, -0.2) is 43.8 Å². The lowest BCUT2D eigenvalue weighted by Crippen LogP contribution is -2.38. The molecule has 1 aliphatic carbocycles. The van der Waals surface area contributed by atoms with Gasteiger partial charge in [0.15, 0.2) is 0 Å². The highest BCUT2D eigenvalue weighted by atomic mass is 16.5. The second-order valence-electron chi connectivity index (χ2n) is 3.41. The van der Waals surface area contributed by atoms with Gasteiger partial charge in [-0.25, -0.2) is 0 Å². The standard InChI is InChI=1S/C9H20N2O/c1-3-11(8-4-5-8)7-9(6-10)12-2/h8-9H,3-7,10H2,1-2H3. The summed E-state index contributed by atoms with van der Waals surface area (Å²) in [6.07, 6.45) is 2.93. The van der Waals surface area contributed by atoms with Gasteiger partial charge in [-0.15, -0.1) is 0 Å². The van der Waals surface area contributed by atoms with Crippen molar-refractivity contribution in [2.75, 3.05) is 26.7 Å². The summed E-state index contributed by atoms with van der Waals surface area (Å²) < 4.78 is 5.24. The van der Waals surface area contributed by atoms with Gasteiger partial charge in [0, 0.05) is 26.2 Å². The molecule has 0 bridgehead atoms. The van der Waals surface area contributed by atoms with Crippen LogP contribution in [0.15, 0.2) is 0 Å². The molecule has 0 radical (unpaired) electrons. The Hall–Kier alpha value is -0.120. The SMILES string of the molecule is CCN(CC(CN)OC)C1CC1. The normalized spacial score (nSPS) is 20.0. The molecule has 1 rings (SSSR count). The minimum absolute atomic E-state index is 0.213. The monoisotopic (exact) mass is 172 g/mol. The van der Waals surface area contributed by atoms with E-state index >= 15 is 0 Å². The average Bonchev–Trinajstić information content (AvgIpc) is 2.90. The largest absolute Gasteiger partial charge is 0.379 e. The molecule has 0 aromatic heterocycles. The first-order valence-electron chi connectivity index (χ1n) is 4.78. The van der Waals surface area contributed by atoms with Gasteiger partial charge in [0.05, 0.1) is 6.10 Å². The summed E-state index contributed by atoms with van der Waals surface area (Å²) >= 11 is 0. The highest BCUT2D eigenvalue weighted by molar-refractivity contribution is 4.85. The maximum atomic E-state index is 5.56. The van der Waals surface area contributed by atoms with E-state index in [-0.39, 0.29) is 6.10 Å². The van der Waals surface area contributed by atoms with E-state index in [1.54, 1.807) is 7.11 Å². The third kappa shape index (κ3) is 2.73. The maximum Gasteiger partial charge on any atom is 0.0820 e. The van der Waals surface area contributed by atoms with Crippen LogP contribution >= 0.6 is 0 Å². The highest BCUT2D eigenvalue weighted by Crippen LogP contribution is 2.26. The molecule has 3 heteroatoms. The molecule has 3 nitrogen and oxygen atoms in total. The molecule has 72 valence electrons. The molecule has 1 unspecified atom stereocenters. The summed E-state index contributed by atoms with van der Waals surface area (Å²) in [5, 5.41) is 0. The number of hydrogen-bond acceptors (Lipinski definition) is 3. The first kappa shape index (κ1) is 9.96. The Kier molecular flexibility index (Phi) is 3.98. The van der Waals surface area contributed by atoms with Gasteiger partial charge in [0.2, 0.25) is 0 Å². The fraction of sp³-hybridized carbons (Fsp3) is 1.00. The molecular formula is C9H20N2O. The second kappa shape index (κ2) is 4.80. The Labute approximate surface area is 74.9 Å². The molecule has 1 saturated carbocycles. The molecule has 1 atom stereocenters. The molecule has 1 aliphatic rings. The topological polar surface area (TPSA) is 38.5 Å². The number of likely N-dealkylation sites (N-methyl/N-ethyl adjacent to an activating group) is 1. The second-order valence-corrected chi connectivity index (χ2v) is 3.41. The van der Waals surface area contributed by atoms with Crippen molar-refractivity contribution in [3.63, 3.8) is 0 Å². The Morgan fingerprint density at radius 1 is 1.58 bits per heavy atom. The van der Waals surface area contributed by atoms with Gasteiger partial charge < -0.3 is 10.5 Å². The van der Waals surface area contributed by atoms with Gasteiger partial charge in [0.25, 0.3) is 0 Å². The zero-order chi connectivity index (χ0) is 8.97. The Bertz CT molecular complexity index is 122. The van der Waals surface area contributed by atoms with Crippen molar-refractivity contribution in [2.45, 2.75) is 31.9 Å². The van der Waals surface area contributed by atoms with Gasteiger partial charge in [-0.1, -0.05) is 6.92 Å². The van der Waals surface area contributed by atoms with Crippen molar-refractivity contribution in [3.05, 3.63) is 0 Å². The van der Waals surface area contributed by atoms with Crippen LogP contribution in [0.1, 0.15) is 19.8 Å². The van der Waals surface area contributed by atoms with E-state index in [1.165, 1.54) is 12.8 Å². The van der Waals surface area contributed by atoms with Crippen molar-refractivity contribution in [1.29, 1.82) is 0 Å². The van der Waals surface area contributed by atoms with E-state index in [1.807, 2.05) is 0 Å². The van der Waals surface area contributed by atoms with Crippen LogP contribution in [0.5, 0.6) is 0 Å². The minimum Gasteiger partial charge on any atom is -0.379 e. The number of rotatable bonds is 6. The van der Waals surface area contributed by atoms with Crippen LogP contribution in [0.4, 0.5) is 0 Å². The van der Waals surface area contributed by atoms with Crippen LogP contribution in [0.3, 0.4) is 0 Å². The molecule has 12 heavy (non-hydrogen) atoms. The minimum atomic E-state index is 0.213. The van der Waals surface area contributed by atoms with E-state index in [0.29, 0.717) is 6.54 Å². The molecule has 0 aromatic carbocycles. The smallest absolute Gasteiger partial charge is 0.0820 e. The highest BCUT2D eigenvalue weighted by Gasteiger charge is 2.28. The van der Waals surface area contributed by atoms with E-state index < -0.39 is 0 Å². The van der Waals surface area contributed by atoms with E-state index in [4.69, 9.17) is 10.5 Å². The lowest BCUT2D eigenvalue weighted by Gasteiger charge is -2.24. The zero-order valence-electron chi connectivity index (χ0n) is 8.12. The van der Waals surface area contributed by atoms with Crippen LogP contribution in [0, 0.1) is 0 Å². The summed E-state index contributed by atoms with van der Waals surface area (Å²) in [6.45, 7) is 4.93. The number of hydrogen-bond donors (Lipinski definition) is 1. The molecule has 1 fully saturated rings. The third-order valence-corrected chi connectivity index (χ3v) is 2.50. The van der Waals surface area contributed by atoms with Gasteiger partial charge >= 0.3 is 0 Å². The van der Waals surface area contributed by atoms with Crippen LogP contribution < -0.4 is 5.73 Å². The first-order valence-corrected chi connectivity index (χ1v) is 4.78. The van der Waals surface area contributed by atoms with Crippen molar-refractivity contribution in [2.24, 2.45) is 5.73 Å². The van der Waals surface area contributed by atoms with E-state index in [2.05, 4.69) is 11.8 Å². The lowest BCUT2D eigenvalue weighted by atomic mass is 10.3. The summed E-state index contributed by atoms with van der Waals surface area (Å²) in [6, 6.07) is 0.819. The number of nitrogens with two attached hydrogens (primary N) is 1. The van der Waals surface area contributed by atoms with Crippen molar-refractivity contribution < 1.29 is 4.74 Å². The van der Waals surface area contributed by atoms with E-state index in [0.717, 1.165) is 19.1 Å². The first-order chi connectivity index (χ1) is 5.81. The quantitative estimate of drug-likeness (QED) is 0.632. The predicted octanol–water partition coefficient (Wildman–Crippen LogP) is 0.444. The third-order valence-electron chi connectivity index (χ3n) is 2.50. The fourth-order valence-corrected chi connectivity index (χ4v) is 1.48. The van der Waals surface area contributed by atoms with Crippen LogP contribution in [-0.2, 0) is 4.74 Å². The average molecular weight is 172 g/mol. The summed E-state index contributed by atoms with van der Waals surface area (Å²) in [7, 11) is 1.73. The maximum absolute atomic E-state index is 5.56. The van der Waals surface area contributed by atoms with Crippen LogP contribution in [0.25, 0.3) is 0 Å². The molecule has 0 saturated heterocycles. The number of methoxy groups -OCH3 is 1. The molecule has 0 aromatic rings. The van der Waals surface area contributed by atoms with Crippen molar-refractivity contribution in [3.8, 4) is 0 Å². The molecule has 0 heterocycles. The van der Waals surface area contributed by atoms with Gasteiger partial charge in [0.1, 0.15) is 0 Å². The molecule has 0 spiro atoms. The Balaban J connectivity index is 2.24. The van der Waals surface area contributed by atoms with Gasteiger partial charge in [-0.3, -0.25) is 4.90 Å². The molecular weight excluding hydrogens is 152 g/mol. The molecule has 0 aliphatic heterocycles. The molecule has 0 amide bonds. The lowest BCUT2D eigenvalue weighted by molar-refractivity contribution is 0.0690. The van der Waals surface area contributed by atoms with E-state index in [9.17, 15) is 0 Å². The van der Waals surface area contributed by atoms with Crippen molar-refractivity contribution in [1.82, 2.24) is 4.90 Å². The number of nitrogens with zero attached hydrogens (tertiary/aromatic N) is 1. The Morgan fingerprint density at radius 2 is 2.25 bits per heavy atom. The fourth-order valence-electron chi connectivity index (χ4n) is 1.48. The molecule has 2 N–H and O–H groups in total. The number of ether oxygens (including phenoxy) is 1. The van der Waals surface area contributed by atoms with Crippen LogP contribution in [0.2, 0.25) is 0 Å². The zero-order valence-corrected chi connectivity index (χ0v) is 8.12. The Morgan fingerprint density at radius 3 is 2.58 bits per heavy atom. The summed E-state index contributed by atoms with van der Waals surface area (Å²) in [4.78, 5) is 2.46. The van der Waals surface area contributed by atoms with Gasteiger partial charge in [-0.05, 0) is 19.4 Å². The predicted molar refractivity (Wildman–Crippen MR) is 50.1 cm³/mol.